The molecule has 1 aliphatic rings. The van der Waals surface area contributed by atoms with Gasteiger partial charge in [0.1, 0.15) is 17.3 Å². The number of ether oxygens (including phenoxy) is 2. The van der Waals surface area contributed by atoms with Crippen LogP contribution in [-0.2, 0) is 9.59 Å². The molecule has 33 heavy (non-hydrogen) atoms. The number of hydrogen-bond acceptors (Lipinski definition) is 6. The summed E-state index contributed by atoms with van der Waals surface area (Å²) in [5.41, 5.74) is 1.28. The third kappa shape index (κ3) is 5.54. The van der Waals surface area contributed by atoms with Crippen molar-refractivity contribution in [1.82, 2.24) is 9.80 Å². The first-order chi connectivity index (χ1) is 15.7. The van der Waals surface area contributed by atoms with Crippen LogP contribution in [0.25, 0.3) is 5.76 Å². The van der Waals surface area contributed by atoms with Crippen LogP contribution in [0.3, 0.4) is 0 Å². The number of methoxy groups -OCH3 is 1. The van der Waals surface area contributed by atoms with E-state index in [9.17, 15) is 14.7 Å². The van der Waals surface area contributed by atoms with Crippen LogP contribution < -0.4 is 9.47 Å². The number of aliphatic hydroxyl groups excluding tert-OH is 1. The molecule has 1 saturated heterocycles. The second-order valence-corrected chi connectivity index (χ2v) is 8.61. The molecule has 0 saturated carbocycles. The average Bonchev–Trinajstić information content (AvgIpc) is 3.03. The highest BCUT2D eigenvalue weighted by Crippen LogP contribution is 2.40. The van der Waals surface area contributed by atoms with Crippen molar-refractivity contribution in [2.75, 3.05) is 34.3 Å². The van der Waals surface area contributed by atoms with Crippen LogP contribution in [0, 0.1) is 0 Å². The first-order valence-corrected chi connectivity index (χ1v) is 11.1. The Kier molecular flexibility index (Phi) is 7.76. The molecular weight excluding hydrogens is 420 g/mol. The van der Waals surface area contributed by atoms with Gasteiger partial charge in [-0.1, -0.05) is 12.1 Å². The molecule has 0 spiro atoms. The van der Waals surface area contributed by atoms with Gasteiger partial charge in [0.15, 0.2) is 0 Å². The number of aliphatic hydroxyl groups is 1. The van der Waals surface area contributed by atoms with E-state index in [2.05, 4.69) is 0 Å². The molecule has 0 unspecified atom stereocenters. The van der Waals surface area contributed by atoms with E-state index in [0.29, 0.717) is 30.0 Å². The molecule has 1 heterocycles. The Hall–Kier alpha value is -3.32. The van der Waals surface area contributed by atoms with Gasteiger partial charge in [-0.05, 0) is 82.9 Å². The smallest absolute Gasteiger partial charge is 0.295 e. The third-order valence-corrected chi connectivity index (χ3v) is 5.48. The van der Waals surface area contributed by atoms with Crippen molar-refractivity contribution in [3.8, 4) is 11.5 Å². The fourth-order valence-electron chi connectivity index (χ4n) is 3.92. The predicted molar refractivity (Wildman–Crippen MR) is 127 cm³/mol. The number of likely N-dealkylation sites (tertiary alicyclic amines) is 1. The van der Waals surface area contributed by atoms with Crippen molar-refractivity contribution in [3.63, 3.8) is 0 Å². The van der Waals surface area contributed by atoms with Crippen LogP contribution in [-0.4, -0.2) is 67.0 Å². The summed E-state index contributed by atoms with van der Waals surface area (Å²) in [6.45, 7) is 5.04. The van der Waals surface area contributed by atoms with Gasteiger partial charge in [-0.25, -0.2) is 0 Å². The molecule has 0 aliphatic carbocycles. The van der Waals surface area contributed by atoms with Gasteiger partial charge in [-0.2, -0.15) is 0 Å². The van der Waals surface area contributed by atoms with E-state index in [1.165, 1.54) is 0 Å². The van der Waals surface area contributed by atoms with Crippen LogP contribution in [0.4, 0.5) is 0 Å². The predicted octanol–water partition coefficient (Wildman–Crippen LogP) is 3.86. The van der Waals surface area contributed by atoms with Gasteiger partial charge in [0.25, 0.3) is 11.7 Å². The van der Waals surface area contributed by atoms with Crippen LogP contribution in [0.15, 0.2) is 54.1 Å². The number of ketones is 1. The van der Waals surface area contributed by atoms with Crippen LogP contribution in [0.2, 0.25) is 0 Å². The quantitative estimate of drug-likeness (QED) is 0.354. The molecule has 1 N–H and O–H groups in total. The highest BCUT2D eigenvalue weighted by molar-refractivity contribution is 6.46. The summed E-state index contributed by atoms with van der Waals surface area (Å²) in [7, 11) is 5.50. The van der Waals surface area contributed by atoms with Crippen LogP contribution in [0.5, 0.6) is 11.5 Å². The first kappa shape index (κ1) is 24.3. The molecule has 0 bridgehead atoms. The number of Topliss-reactive ketones (excluding diaryl/α,β-unsaturated/α-hetero) is 1. The number of benzene rings is 2. The zero-order valence-corrected chi connectivity index (χ0v) is 19.9. The van der Waals surface area contributed by atoms with Crippen molar-refractivity contribution >= 4 is 17.4 Å². The summed E-state index contributed by atoms with van der Waals surface area (Å²) in [5.74, 6) is -0.140. The number of carbonyl (C=O) groups excluding carboxylic acids is 2. The normalized spacial score (nSPS) is 17.8. The van der Waals surface area contributed by atoms with Gasteiger partial charge in [-0.3, -0.25) is 9.59 Å². The first-order valence-electron chi connectivity index (χ1n) is 11.1. The van der Waals surface area contributed by atoms with Gasteiger partial charge in [0, 0.05) is 12.1 Å². The Morgan fingerprint density at radius 2 is 1.64 bits per heavy atom. The lowest BCUT2D eigenvalue weighted by Gasteiger charge is -2.26. The summed E-state index contributed by atoms with van der Waals surface area (Å²) in [5, 5.41) is 11.2. The maximum absolute atomic E-state index is 13.1. The maximum atomic E-state index is 13.1. The number of nitrogens with zero attached hydrogens (tertiary/aromatic N) is 2. The van der Waals surface area contributed by atoms with E-state index in [1.54, 1.807) is 48.4 Å². The minimum absolute atomic E-state index is 0.0204. The Morgan fingerprint density at radius 1 is 1.03 bits per heavy atom. The lowest BCUT2D eigenvalue weighted by Crippen LogP contribution is -2.32. The van der Waals surface area contributed by atoms with Crippen molar-refractivity contribution < 1.29 is 24.2 Å². The minimum atomic E-state index is -0.680. The van der Waals surface area contributed by atoms with E-state index >= 15 is 0 Å². The van der Waals surface area contributed by atoms with Gasteiger partial charge in [0.05, 0.1) is 24.8 Å². The molecule has 0 radical (unpaired) electrons. The van der Waals surface area contributed by atoms with E-state index in [1.807, 2.05) is 45.0 Å². The van der Waals surface area contributed by atoms with Gasteiger partial charge >= 0.3 is 0 Å². The molecule has 7 heteroatoms. The van der Waals surface area contributed by atoms with Gasteiger partial charge in [0.2, 0.25) is 0 Å². The van der Waals surface area contributed by atoms with Gasteiger partial charge < -0.3 is 24.4 Å². The second kappa shape index (κ2) is 10.5. The van der Waals surface area contributed by atoms with Gasteiger partial charge in [-0.15, -0.1) is 0 Å². The monoisotopic (exact) mass is 452 g/mol. The summed E-state index contributed by atoms with van der Waals surface area (Å²) in [6.07, 6.45) is 0.723. The number of amides is 1. The van der Waals surface area contributed by atoms with E-state index in [4.69, 9.17) is 9.47 Å². The van der Waals surface area contributed by atoms with E-state index < -0.39 is 17.7 Å². The maximum Gasteiger partial charge on any atom is 0.295 e. The summed E-state index contributed by atoms with van der Waals surface area (Å²) in [4.78, 5) is 29.6. The molecular formula is C26H32N2O5. The zero-order chi connectivity index (χ0) is 24.1. The largest absolute Gasteiger partial charge is 0.507 e. The van der Waals surface area contributed by atoms with Crippen molar-refractivity contribution in [1.29, 1.82) is 0 Å². The van der Waals surface area contributed by atoms with Crippen molar-refractivity contribution in [2.24, 2.45) is 0 Å². The molecule has 176 valence electrons. The molecule has 1 amide bonds. The number of carbonyl (C=O) groups is 2. The number of hydrogen-bond donors (Lipinski definition) is 1. The molecule has 1 atom stereocenters. The zero-order valence-electron chi connectivity index (χ0n) is 19.9. The van der Waals surface area contributed by atoms with Crippen molar-refractivity contribution in [2.45, 2.75) is 32.4 Å². The lowest BCUT2D eigenvalue weighted by atomic mass is 9.95. The molecule has 0 aromatic heterocycles. The third-order valence-electron chi connectivity index (χ3n) is 5.48. The highest BCUT2D eigenvalue weighted by atomic mass is 16.5. The molecule has 3 rings (SSSR count). The summed E-state index contributed by atoms with van der Waals surface area (Å²) in [6, 6.07) is 13.4. The second-order valence-electron chi connectivity index (χ2n) is 8.61. The standard InChI is InChI=1S/C26H32N2O5/c1-17(2)33-21-13-9-19(10-14-21)24(29)22-23(18-7-11-20(32-5)12-8-18)28(26(31)25(22)30)16-6-15-27(3)4/h7-14,17,23,29H,6,15-16H2,1-5H3/t23-/m0/s1. The Bertz CT molecular complexity index is 1010. The average molecular weight is 453 g/mol. The minimum Gasteiger partial charge on any atom is -0.507 e. The Balaban J connectivity index is 2.03. The lowest BCUT2D eigenvalue weighted by molar-refractivity contribution is -0.139. The molecule has 2 aromatic carbocycles. The summed E-state index contributed by atoms with van der Waals surface area (Å²) < 4.78 is 10.9. The molecule has 1 fully saturated rings. The SMILES string of the molecule is COc1ccc([C@H]2C(=C(O)c3ccc(OC(C)C)cc3)C(=O)C(=O)N2CCCN(C)C)cc1. The fraction of sp³-hybridized carbons (Fsp3) is 0.385. The molecule has 2 aromatic rings. The topological polar surface area (TPSA) is 79.3 Å². The Morgan fingerprint density at radius 3 is 2.18 bits per heavy atom. The van der Waals surface area contributed by atoms with Crippen LogP contribution >= 0.6 is 0 Å². The molecule has 1 aliphatic heterocycles. The van der Waals surface area contributed by atoms with E-state index in [-0.39, 0.29) is 17.4 Å². The summed E-state index contributed by atoms with van der Waals surface area (Å²) >= 11 is 0. The van der Waals surface area contributed by atoms with E-state index in [0.717, 1.165) is 12.1 Å². The fourth-order valence-corrected chi connectivity index (χ4v) is 3.92. The highest BCUT2D eigenvalue weighted by Gasteiger charge is 2.45. The number of rotatable bonds is 9. The van der Waals surface area contributed by atoms with Crippen molar-refractivity contribution in [3.05, 3.63) is 65.2 Å². The Labute approximate surface area is 195 Å². The van der Waals surface area contributed by atoms with Crippen LogP contribution in [0.1, 0.15) is 37.4 Å². The molecule has 7 nitrogen and oxygen atoms in total.